The minimum absolute atomic E-state index is 0.641. The topological polar surface area (TPSA) is 40.7 Å². The van der Waals surface area contributed by atoms with E-state index < -0.39 is 0 Å². The Balaban J connectivity index is 1.65. The number of aromatic amines is 1. The quantitative estimate of drug-likeness (QED) is 0.890. The first-order chi connectivity index (χ1) is 10.2. The summed E-state index contributed by atoms with van der Waals surface area (Å²) in [6.07, 6.45) is 5.91. The Morgan fingerprint density at radius 3 is 2.52 bits per heavy atom. The van der Waals surface area contributed by atoms with E-state index in [2.05, 4.69) is 53.6 Å². The van der Waals surface area contributed by atoms with Gasteiger partial charge in [-0.25, -0.2) is 0 Å². The van der Waals surface area contributed by atoms with E-state index in [0.717, 1.165) is 24.1 Å². The number of hydrogen-bond acceptors (Lipinski definition) is 2. The van der Waals surface area contributed by atoms with Crippen LogP contribution in [0.25, 0.3) is 11.3 Å². The van der Waals surface area contributed by atoms with E-state index in [0.29, 0.717) is 6.04 Å². The third-order valence-electron chi connectivity index (χ3n) is 4.54. The highest BCUT2D eigenvalue weighted by Gasteiger charge is 2.23. The summed E-state index contributed by atoms with van der Waals surface area (Å²) in [7, 11) is 0. The van der Waals surface area contributed by atoms with Gasteiger partial charge in [0.2, 0.25) is 0 Å². The van der Waals surface area contributed by atoms with Gasteiger partial charge < -0.3 is 5.32 Å². The lowest BCUT2D eigenvalue weighted by Crippen LogP contribution is -2.35. The molecule has 1 fully saturated rings. The number of nitrogens with zero attached hydrogens (tertiary/aromatic N) is 1. The van der Waals surface area contributed by atoms with Crippen LogP contribution in [0, 0.1) is 11.8 Å². The maximum absolute atomic E-state index is 4.23. The van der Waals surface area contributed by atoms with Gasteiger partial charge in [-0.2, -0.15) is 5.10 Å². The SMILES string of the molecule is CC1CC(C)CC(NCc2cn[nH]c2-c2ccccc2)C1. The predicted octanol–water partition coefficient (Wildman–Crippen LogP) is 3.99. The number of hydrogen-bond donors (Lipinski definition) is 2. The highest BCUT2D eigenvalue weighted by atomic mass is 15.1. The second-order valence-corrected chi connectivity index (χ2v) is 6.63. The molecule has 0 radical (unpaired) electrons. The number of rotatable bonds is 4. The lowest BCUT2D eigenvalue weighted by atomic mass is 9.80. The Bertz CT molecular complexity index is 551. The van der Waals surface area contributed by atoms with Crippen LogP contribution in [-0.4, -0.2) is 16.2 Å². The molecule has 2 aromatic rings. The average molecular weight is 283 g/mol. The fraction of sp³-hybridized carbons (Fsp3) is 0.500. The summed E-state index contributed by atoms with van der Waals surface area (Å²) in [5, 5.41) is 11.1. The van der Waals surface area contributed by atoms with Crippen molar-refractivity contribution in [2.24, 2.45) is 11.8 Å². The molecule has 1 aliphatic carbocycles. The molecule has 0 spiro atoms. The minimum atomic E-state index is 0.641. The van der Waals surface area contributed by atoms with Gasteiger partial charge in [-0.15, -0.1) is 0 Å². The summed E-state index contributed by atoms with van der Waals surface area (Å²) in [5.41, 5.74) is 3.60. The normalized spacial score (nSPS) is 25.9. The van der Waals surface area contributed by atoms with Crippen molar-refractivity contribution in [1.82, 2.24) is 15.5 Å². The third kappa shape index (κ3) is 3.53. The summed E-state index contributed by atoms with van der Waals surface area (Å²) in [6.45, 7) is 5.64. The Hall–Kier alpha value is -1.61. The maximum Gasteiger partial charge on any atom is 0.0695 e. The van der Waals surface area contributed by atoms with Gasteiger partial charge >= 0.3 is 0 Å². The van der Waals surface area contributed by atoms with Gasteiger partial charge in [-0.1, -0.05) is 44.2 Å². The first-order valence-corrected chi connectivity index (χ1v) is 8.03. The molecule has 2 N–H and O–H groups in total. The molecule has 3 rings (SSSR count). The molecule has 1 aliphatic rings. The number of aromatic nitrogens is 2. The van der Waals surface area contributed by atoms with Crippen LogP contribution >= 0.6 is 0 Å². The number of H-pyrrole nitrogens is 1. The van der Waals surface area contributed by atoms with E-state index in [9.17, 15) is 0 Å². The van der Waals surface area contributed by atoms with E-state index in [1.54, 1.807) is 0 Å². The highest BCUT2D eigenvalue weighted by molar-refractivity contribution is 5.62. The van der Waals surface area contributed by atoms with Crippen molar-refractivity contribution in [3.05, 3.63) is 42.1 Å². The molecular formula is C18H25N3. The monoisotopic (exact) mass is 283 g/mol. The molecular weight excluding hydrogens is 258 g/mol. The summed E-state index contributed by atoms with van der Waals surface area (Å²) in [6, 6.07) is 11.1. The summed E-state index contributed by atoms with van der Waals surface area (Å²) < 4.78 is 0. The zero-order valence-corrected chi connectivity index (χ0v) is 13.0. The lowest BCUT2D eigenvalue weighted by Gasteiger charge is -2.32. The van der Waals surface area contributed by atoms with Crippen LogP contribution in [0.3, 0.4) is 0 Å². The van der Waals surface area contributed by atoms with E-state index in [1.807, 2.05) is 12.3 Å². The molecule has 1 saturated carbocycles. The van der Waals surface area contributed by atoms with Crippen molar-refractivity contribution in [2.75, 3.05) is 0 Å². The minimum Gasteiger partial charge on any atom is -0.310 e. The zero-order chi connectivity index (χ0) is 14.7. The number of benzene rings is 1. The third-order valence-corrected chi connectivity index (χ3v) is 4.54. The van der Waals surface area contributed by atoms with Crippen molar-refractivity contribution < 1.29 is 0 Å². The standard InChI is InChI=1S/C18H25N3/c1-13-8-14(2)10-17(9-13)19-11-16-12-20-21-18(16)15-6-4-3-5-7-15/h3-7,12-14,17,19H,8-11H2,1-2H3,(H,20,21). The zero-order valence-electron chi connectivity index (χ0n) is 13.0. The van der Waals surface area contributed by atoms with Gasteiger partial charge in [0, 0.05) is 18.2 Å². The van der Waals surface area contributed by atoms with Crippen LogP contribution in [-0.2, 0) is 6.54 Å². The first kappa shape index (κ1) is 14.3. The van der Waals surface area contributed by atoms with Crippen molar-refractivity contribution >= 4 is 0 Å². The van der Waals surface area contributed by atoms with Gasteiger partial charge in [0.15, 0.2) is 0 Å². The van der Waals surface area contributed by atoms with Crippen LogP contribution in [0.1, 0.15) is 38.7 Å². The average Bonchev–Trinajstić information content (AvgIpc) is 2.93. The molecule has 0 amide bonds. The molecule has 0 aliphatic heterocycles. The molecule has 1 aromatic heterocycles. The van der Waals surface area contributed by atoms with Crippen molar-refractivity contribution in [3.63, 3.8) is 0 Å². The molecule has 112 valence electrons. The molecule has 3 nitrogen and oxygen atoms in total. The molecule has 3 heteroatoms. The molecule has 0 bridgehead atoms. The molecule has 2 unspecified atom stereocenters. The molecule has 21 heavy (non-hydrogen) atoms. The Labute approximate surface area is 127 Å². The van der Waals surface area contributed by atoms with E-state index in [-0.39, 0.29) is 0 Å². The Kier molecular flexibility index (Phi) is 4.39. The van der Waals surface area contributed by atoms with Gasteiger partial charge in [-0.3, -0.25) is 5.10 Å². The van der Waals surface area contributed by atoms with Crippen LogP contribution in [0.4, 0.5) is 0 Å². The largest absolute Gasteiger partial charge is 0.310 e. The molecule has 2 atom stereocenters. The van der Waals surface area contributed by atoms with Gasteiger partial charge in [0.05, 0.1) is 11.9 Å². The predicted molar refractivity (Wildman–Crippen MR) is 86.8 cm³/mol. The Morgan fingerprint density at radius 1 is 1.10 bits per heavy atom. The van der Waals surface area contributed by atoms with Gasteiger partial charge in [0.1, 0.15) is 0 Å². The highest BCUT2D eigenvalue weighted by Crippen LogP contribution is 2.29. The van der Waals surface area contributed by atoms with E-state index in [4.69, 9.17) is 0 Å². The van der Waals surface area contributed by atoms with Crippen LogP contribution in [0.5, 0.6) is 0 Å². The van der Waals surface area contributed by atoms with Crippen molar-refractivity contribution in [3.8, 4) is 11.3 Å². The van der Waals surface area contributed by atoms with Crippen LogP contribution < -0.4 is 5.32 Å². The first-order valence-electron chi connectivity index (χ1n) is 8.03. The number of nitrogens with one attached hydrogen (secondary N) is 2. The van der Waals surface area contributed by atoms with Crippen LogP contribution in [0.15, 0.2) is 36.5 Å². The van der Waals surface area contributed by atoms with Crippen molar-refractivity contribution in [1.29, 1.82) is 0 Å². The second kappa shape index (κ2) is 6.44. The lowest BCUT2D eigenvalue weighted by molar-refractivity contribution is 0.238. The summed E-state index contributed by atoms with van der Waals surface area (Å²) in [5.74, 6) is 1.67. The Morgan fingerprint density at radius 2 is 1.81 bits per heavy atom. The summed E-state index contributed by atoms with van der Waals surface area (Å²) >= 11 is 0. The van der Waals surface area contributed by atoms with Gasteiger partial charge in [-0.05, 0) is 36.7 Å². The smallest absolute Gasteiger partial charge is 0.0695 e. The van der Waals surface area contributed by atoms with Crippen molar-refractivity contribution in [2.45, 2.75) is 45.7 Å². The van der Waals surface area contributed by atoms with Crippen LogP contribution in [0.2, 0.25) is 0 Å². The summed E-state index contributed by atoms with van der Waals surface area (Å²) in [4.78, 5) is 0. The van der Waals surface area contributed by atoms with Gasteiger partial charge in [0.25, 0.3) is 0 Å². The van der Waals surface area contributed by atoms with E-state index in [1.165, 1.54) is 30.4 Å². The molecule has 1 aromatic carbocycles. The maximum atomic E-state index is 4.23. The second-order valence-electron chi connectivity index (χ2n) is 6.63. The fourth-order valence-corrected chi connectivity index (χ4v) is 3.67. The fourth-order valence-electron chi connectivity index (χ4n) is 3.67. The van der Waals surface area contributed by atoms with E-state index >= 15 is 0 Å². The molecule has 0 saturated heterocycles. The molecule has 1 heterocycles.